The van der Waals surface area contributed by atoms with E-state index in [1.807, 2.05) is 0 Å². The number of carbonyl (C=O) groups is 2. The van der Waals surface area contributed by atoms with Crippen LogP contribution in [0.15, 0.2) is 0 Å². The van der Waals surface area contributed by atoms with Gasteiger partial charge in [0, 0.05) is 13.1 Å². The van der Waals surface area contributed by atoms with E-state index >= 15 is 0 Å². The van der Waals surface area contributed by atoms with Crippen molar-refractivity contribution < 1.29 is 19.4 Å². The predicted molar refractivity (Wildman–Crippen MR) is 85.8 cm³/mol. The topological polar surface area (TPSA) is 190 Å². The van der Waals surface area contributed by atoms with E-state index in [9.17, 15) is 9.59 Å². The molecular weight excluding hydrogens is 304 g/mol. The van der Waals surface area contributed by atoms with Crippen molar-refractivity contribution in [1.29, 1.82) is 5.41 Å². The fourth-order valence-corrected chi connectivity index (χ4v) is 1.87. The first-order valence-corrected chi connectivity index (χ1v) is 7.45. The Morgan fingerprint density at radius 1 is 1.30 bits per heavy atom. The largest absolute Gasteiger partial charge is 0.480 e. The Bertz CT molecular complexity index is 393. The van der Waals surface area contributed by atoms with Crippen LogP contribution in [0.2, 0.25) is 0 Å². The molecule has 0 aliphatic carbocycles. The fraction of sp³-hybridized carbons (Fsp3) is 0.769. The summed E-state index contributed by atoms with van der Waals surface area (Å²) in [5.41, 5.74) is 16.1. The van der Waals surface area contributed by atoms with E-state index in [0.717, 1.165) is 0 Å². The molecule has 0 radical (unpaired) electrons. The zero-order valence-electron chi connectivity index (χ0n) is 13.4. The van der Waals surface area contributed by atoms with Crippen molar-refractivity contribution in [3.63, 3.8) is 0 Å². The molecule has 23 heavy (non-hydrogen) atoms. The molecule has 0 aromatic heterocycles. The van der Waals surface area contributed by atoms with Gasteiger partial charge in [-0.1, -0.05) is 0 Å². The summed E-state index contributed by atoms with van der Waals surface area (Å²) >= 11 is 0. The molecule has 134 valence electrons. The second-order valence-electron chi connectivity index (χ2n) is 5.14. The summed E-state index contributed by atoms with van der Waals surface area (Å²) in [6.07, 6.45) is 1.02. The lowest BCUT2D eigenvalue weighted by Gasteiger charge is -2.21. The third-order valence-electron chi connectivity index (χ3n) is 3.28. The smallest absolute Gasteiger partial charge is 0.323 e. The first kappa shape index (κ1) is 21.1. The molecule has 1 unspecified atom stereocenters. The van der Waals surface area contributed by atoms with Gasteiger partial charge >= 0.3 is 11.9 Å². The van der Waals surface area contributed by atoms with Crippen LogP contribution in [-0.4, -0.2) is 61.3 Å². The Labute approximate surface area is 135 Å². The first-order valence-electron chi connectivity index (χ1n) is 7.45. The number of hydrogen-bond acceptors (Lipinski definition) is 7. The number of esters is 1. The molecule has 0 amide bonds. The number of ether oxygens (including phenoxy) is 1. The highest BCUT2D eigenvalue weighted by molar-refractivity contribution is 5.76. The normalized spacial score (nSPS) is 14.6. The van der Waals surface area contributed by atoms with Gasteiger partial charge in [-0.05, 0) is 32.7 Å². The second kappa shape index (κ2) is 11.6. The average molecular weight is 332 g/mol. The number of carbonyl (C=O) groups excluding carboxylic acids is 1. The Morgan fingerprint density at radius 2 is 1.96 bits per heavy atom. The van der Waals surface area contributed by atoms with Gasteiger partial charge in [0.2, 0.25) is 0 Å². The molecule has 0 aromatic carbocycles. The van der Waals surface area contributed by atoms with E-state index in [1.165, 1.54) is 0 Å². The van der Waals surface area contributed by atoms with Crippen molar-refractivity contribution in [1.82, 2.24) is 10.6 Å². The summed E-state index contributed by atoms with van der Waals surface area (Å²) in [5.74, 6) is -1.67. The third-order valence-corrected chi connectivity index (χ3v) is 3.28. The van der Waals surface area contributed by atoms with Gasteiger partial charge in [-0.15, -0.1) is 0 Å². The molecule has 0 aromatic rings. The highest BCUT2D eigenvalue weighted by atomic mass is 16.5. The summed E-state index contributed by atoms with van der Waals surface area (Å²) in [6.45, 7) is 0.578. The van der Waals surface area contributed by atoms with E-state index in [0.29, 0.717) is 19.4 Å². The maximum absolute atomic E-state index is 12.1. The number of rotatable bonds is 12. The van der Waals surface area contributed by atoms with E-state index in [2.05, 4.69) is 10.6 Å². The van der Waals surface area contributed by atoms with E-state index in [4.69, 9.17) is 32.5 Å². The van der Waals surface area contributed by atoms with Crippen molar-refractivity contribution in [2.75, 3.05) is 20.1 Å². The van der Waals surface area contributed by atoms with Gasteiger partial charge in [0.15, 0.2) is 5.96 Å². The van der Waals surface area contributed by atoms with Crippen LogP contribution in [0.1, 0.15) is 25.7 Å². The summed E-state index contributed by atoms with van der Waals surface area (Å²) < 4.78 is 5.30. The van der Waals surface area contributed by atoms with E-state index < -0.39 is 30.1 Å². The van der Waals surface area contributed by atoms with Crippen molar-refractivity contribution in [2.24, 2.45) is 17.2 Å². The van der Waals surface area contributed by atoms with Gasteiger partial charge in [-0.2, -0.15) is 0 Å². The van der Waals surface area contributed by atoms with Crippen LogP contribution in [0.25, 0.3) is 0 Å². The molecule has 0 rings (SSSR count). The number of aliphatic carboxylic acids is 1. The molecule has 0 fully saturated rings. The van der Waals surface area contributed by atoms with E-state index in [1.54, 1.807) is 7.05 Å². The number of hydrogen-bond donors (Lipinski definition) is 7. The monoisotopic (exact) mass is 332 g/mol. The van der Waals surface area contributed by atoms with Crippen molar-refractivity contribution in [3.05, 3.63) is 0 Å². The summed E-state index contributed by atoms with van der Waals surface area (Å²) in [5, 5.41) is 21.3. The Balaban J connectivity index is 4.25. The average Bonchev–Trinajstić information content (AvgIpc) is 2.50. The van der Waals surface area contributed by atoms with Gasteiger partial charge < -0.3 is 37.7 Å². The first-order chi connectivity index (χ1) is 10.8. The third kappa shape index (κ3) is 9.66. The van der Waals surface area contributed by atoms with Crippen molar-refractivity contribution in [3.8, 4) is 0 Å². The number of nitrogens with one attached hydrogen (secondary N) is 3. The number of likely N-dealkylation sites (N-methyl/N-ethyl adjacent to an activating group) is 1. The molecule has 0 bridgehead atoms. The van der Waals surface area contributed by atoms with E-state index in [-0.39, 0.29) is 25.3 Å². The number of guanidine groups is 1. The maximum atomic E-state index is 12.1. The van der Waals surface area contributed by atoms with Crippen LogP contribution in [0.3, 0.4) is 0 Å². The second-order valence-corrected chi connectivity index (χ2v) is 5.14. The van der Waals surface area contributed by atoms with Crippen LogP contribution in [0, 0.1) is 5.41 Å². The molecule has 0 saturated heterocycles. The SMILES string of the molecule is CN[C@@H](CCCNC(=N)N)C(=O)OC(CN)CC[C@H](N)C(=O)O. The molecule has 0 aliphatic heterocycles. The van der Waals surface area contributed by atoms with Crippen molar-refractivity contribution >= 4 is 17.9 Å². The molecule has 0 saturated carbocycles. The maximum Gasteiger partial charge on any atom is 0.323 e. The molecule has 10 heteroatoms. The highest BCUT2D eigenvalue weighted by Gasteiger charge is 2.22. The van der Waals surface area contributed by atoms with Gasteiger partial charge in [-0.25, -0.2) is 0 Å². The fourth-order valence-electron chi connectivity index (χ4n) is 1.87. The molecule has 0 heterocycles. The lowest BCUT2D eigenvalue weighted by Crippen LogP contribution is -2.41. The minimum Gasteiger partial charge on any atom is -0.480 e. The molecule has 10 nitrogen and oxygen atoms in total. The highest BCUT2D eigenvalue weighted by Crippen LogP contribution is 2.07. The number of carboxylic acids is 1. The Morgan fingerprint density at radius 3 is 2.43 bits per heavy atom. The van der Waals surface area contributed by atoms with Crippen LogP contribution < -0.4 is 27.8 Å². The molecule has 3 atom stereocenters. The lowest BCUT2D eigenvalue weighted by molar-refractivity contribution is -0.151. The van der Waals surface area contributed by atoms with Gasteiger partial charge in [0.05, 0.1) is 0 Å². The minimum atomic E-state index is -1.10. The zero-order valence-corrected chi connectivity index (χ0v) is 13.4. The Kier molecular flexibility index (Phi) is 10.7. The van der Waals surface area contributed by atoms with Crippen LogP contribution >= 0.6 is 0 Å². The minimum absolute atomic E-state index is 0.0976. The van der Waals surface area contributed by atoms with Gasteiger partial charge in [-0.3, -0.25) is 15.0 Å². The molecule has 0 spiro atoms. The van der Waals surface area contributed by atoms with Gasteiger partial charge in [0.25, 0.3) is 0 Å². The predicted octanol–water partition coefficient (Wildman–Crippen LogP) is -2.10. The molecule has 0 aliphatic rings. The zero-order chi connectivity index (χ0) is 17.8. The molecule has 10 N–H and O–H groups in total. The van der Waals surface area contributed by atoms with Crippen LogP contribution in [0.5, 0.6) is 0 Å². The molecular formula is C13H28N6O4. The Hall–Kier alpha value is -1.91. The number of nitrogens with two attached hydrogens (primary N) is 3. The van der Waals surface area contributed by atoms with Crippen LogP contribution in [-0.2, 0) is 14.3 Å². The number of carboxylic acid groups (broad SMARTS) is 1. The van der Waals surface area contributed by atoms with Gasteiger partial charge in [0.1, 0.15) is 18.2 Å². The lowest BCUT2D eigenvalue weighted by atomic mass is 10.1. The van der Waals surface area contributed by atoms with Crippen molar-refractivity contribution in [2.45, 2.75) is 43.9 Å². The quantitative estimate of drug-likeness (QED) is 0.0908. The summed E-state index contributed by atoms with van der Waals surface area (Å²) in [7, 11) is 1.64. The van der Waals surface area contributed by atoms with Crippen LogP contribution in [0.4, 0.5) is 0 Å². The summed E-state index contributed by atoms with van der Waals surface area (Å²) in [4.78, 5) is 22.7. The summed E-state index contributed by atoms with van der Waals surface area (Å²) in [6, 6.07) is -1.51. The standard InChI is InChI=1S/C13H28N6O4/c1-18-10(3-2-6-19-13(16)17)12(22)23-8(7-14)4-5-9(15)11(20)21/h8-10,18H,2-7,14-15H2,1H3,(H,20,21)(H4,16,17,19)/t8?,9-,10-/m0/s1.